The standard InChI is InChI=1S/C19H22N2O2/c1-23-16-11-9-15(10-12-16)21-19(22)13-20-18-8-4-6-14-5-2-3-7-17(14)18/h4,6,8-12,20H,2-3,5,7,13H2,1H3,(H,21,22). The summed E-state index contributed by atoms with van der Waals surface area (Å²) in [6.45, 7) is 0.266. The van der Waals surface area contributed by atoms with Crippen LogP contribution in [-0.2, 0) is 17.6 Å². The third kappa shape index (κ3) is 3.83. The van der Waals surface area contributed by atoms with E-state index in [1.54, 1.807) is 7.11 Å². The molecule has 3 rings (SSSR count). The molecule has 0 bridgehead atoms. The third-order valence-corrected chi connectivity index (χ3v) is 4.21. The minimum atomic E-state index is -0.0522. The second-order valence-corrected chi connectivity index (χ2v) is 5.78. The number of amides is 1. The Morgan fingerprint density at radius 2 is 1.87 bits per heavy atom. The molecule has 1 amide bonds. The topological polar surface area (TPSA) is 50.4 Å². The maximum Gasteiger partial charge on any atom is 0.243 e. The number of ether oxygens (including phenoxy) is 1. The lowest BCUT2D eigenvalue weighted by Gasteiger charge is -2.20. The van der Waals surface area contributed by atoms with Gasteiger partial charge in [0.05, 0.1) is 13.7 Å². The van der Waals surface area contributed by atoms with E-state index in [0.717, 1.165) is 30.0 Å². The summed E-state index contributed by atoms with van der Waals surface area (Å²) in [5.74, 6) is 0.723. The summed E-state index contributed by atoms with van der Waals surface area (Å²) >= 11 is 0. The fourth-order valence-corrected chi connectivity index (χ4v) is 3.00. The molecule has 2 N–H and O–H groups in total. The molecule has 4 nitrogen and oxygen atoms in total. The van der Waals surface area contributed by atoms with Crippen molar-refractivity contribution in [2.24, 2.45) is 0 Å². The molecule has 1 aliphatic carbocycles. The van der Waals surface area contributed by atoms with E-state index in [-0.39, 0.29) is 12.5 Å². The van der Waals surface area contributed by atoms with Crippen LogP contribution in [0.15, 0.2) is 42.5 Å². The molecule has 2 aromatic carbocycles. The van der Waals surface area contributed by atoms with Crippen LogP contribution in [0.2, 0.25) is 0 Å². The molecular weight excluding hydrogens is 288 g/mol. The first-order valence-electron chi connectivity index (χ1n) is 8.05. The van der Waals surface area contributed by atoms with Crippen LogP contribution in [-0.4, -0.2) is 19.6 Å². The third-order valence-electron chi connectivity index (χ3n) is 4.21. The SMILES string of the molecule is COc1ccc(NC(=O)CNc2cccc3c2CCCC3)cc1. The second-order valence-electron chi connectivity index (χ2n) is 5.78. The molecule has 23 heavy (non-hydrogen) atoms. The lowest BCUT2D eigenvalue weighted by Crippen LogP contribution is -2.22. The van der Waals surface area contributed by atoms with Gasteiger partial charge in [-0.1, -0.05) is 12.1 Å². The molecule has 0 radical (unpaired) electrons. The summed E-state index contributed by atoms with van der Waals surface area (Å²) in [5, 5.41) is 6.17. The summed E-state index contributed by atoms with van der Waals surface area (Å²) in [5.41, 5.74) is 4.65. The van der Waals surface area contributed by atoms with Gasteiger partial charge >= 0.3 is 0 Å². The van der Waals surface area contributed by atoms with Crippen molar-refractivity contribution in [1.29, 1.82) is 0 Å². The summed E-state index contributed by atoms with van der Waals surface area (Å²) < 4.78 is 5.11. The number of carbonyl (C=O) groups excluding carboxylic acids is 1. The lowest BCUT2D eigenvalue weighted by molar-refractivity contribution is -0.114. The summed E-state index contributed by atoms with van der Waals surface area (Å²) in [6, 6.07) is 13.6. The zero-order chi connectivity index (χ0) is 16.1. The van der Waals surface area contributed by atoms with Gasteiger partial charge in [-0.15, -0.1) is 0 Å². The van der Waals surface area contributed by atoms with Crippen LogP contribution in [0.5, 0.6) is 5.75 Å². The minimum Gasteiger partial charge on any atom is -0.497 e. The van der Waals surface area contributed by atoms with Crippen molar-refractivity contribution < 1.29 is 9.53 Å². The highest BCUT2D eigenvalue weighted by Crippen LogP contribution is 2.27. The number of anilines is 2. The predicted molar refractivity (Wildman–Crippen MR) is 93.2 cm³/mol. The van der Waals surface area contributed by atoms with Gasteiger partial charge in [-0.05, 0) is 67.1 Å². The number of methoxy groups -OCH3 is 1. The highest BCUT2D eigenvalue weighted by atomic mass is 16.5. The van der Waals surface area contributed by atoms with Gasteiger partial charge in [0.2, 0.25) is 5.91 Å². The molecule has 4 heteroatoms. The fraction of sp³-hybridized carbons (Fsp3) is 0.316. The summed E-state index contributed by atoms with van der Waals surface area (Å²) in [7, 11) is 1.62. The van der Waals surface area contributed by atoms with Gasteiger partial charge in [-0.25, -0.2) is 0 Å². The normalized spacial score (nSPS) is 13.1. The lowest BCUT2D eigenvalue weighted by atomic mass is 9.90. The molecule has 0 heterocycles. The van der Waals surface area contributed by atoms with Gasteiger partial charge in [0.15, 0.2) is 0 Å². The Balaban J connectivity index is 1.58. The minimum absolute atomic E-state index is 0.0522. The number of nitrogens with one attached hydrogen (secondary N) is 2. The molecule has 0 aliphatic heterocycles. The van der Waals surface area contributed by atoms with Gasteiger partial charge in [0.1, 0.15) is 5.75 Å². The van der Waals surface area contributed by atoms with Gasteiger partial charge in [0.25, 0.3) is 0 Å². The van der Waals surface area contributed by atoms with E-state index in [4.69, 9.17) is 4.74 Å². The molecular formula is C19H22N2O2. The average Bonchev–Trinajstić information content (AvgIpc) is 2.60. The van der Waals surface area contributed by atoms with Crippen LogP contribution in [0.1, 0.15) is 24.0 Å². The number of benzene rings is 2. The van der Waals surface area contributed by atoms with Crippen LogP contribution in [0.4, 0.5) is 11.4 Å². The highest BCUT2D eigenvalue weighted by molar-refractivity contribution is 5.93. The molecule has 120 valence electrons. The maximum absolute atomic E-state index is 12.1. The van der Waals surface area contributed by atoms with E-state index in [0.29, 0.717) is 0 Å². The van der Waals surface area contributed by atoms with Crippen LogP contribution in [0.3, 0.4) is 0 Å². The average molecular weight is 310 g/mol. The van der Waals surface area contributed by atoms with Gasteiger partial charge < -0.3 is 15.4 Å². The van der Waals surface area contributed by atoms with E-state index in [1.807, 2.05) is 24.3 Å². The van der Waals surface area contributed by atoms with Crippen molar-refractivity contribution in [3.63, 3.8) is 0 Å². The van der Waals surface area contributed by atoms with Crippen molar-refractivity contribution in [2.75, 3.05) is 24.3 Å². The van der Waals surface area contributed by atoms with Crippen LogP contribution in [0.25, 0.3) is 0 Å². The zero-order valence-corrected chi connectivity index (χ0v) is 13.4. The van der Waals surface area contributed by atoms with E-state index in [1.165, 1.54) is 24.0 Å². The molecule has 0 fully saturated rings. The maximum atomic E-state index is 12.1. The van der Waals surface area contributed by atoms with Gasteiger partial charge in [0, 0.05) is 11.4 Å². The Hall–Kier alpha value is -2.49. The molecule has 0 saturated carbocycles. The van der Waals surface area contributed by atoms with Crippen molar-refractivity contribution in [1.82, 2.24) is 0 Å². The van der Waals surface area contributed by atoms with Crippen molar-refractivity contribution in [3.8, 4) is 5.75 Å². The monoisotopic (exact) mass is 310 g/mol. The van der Waals surface area contributed by atoms with E-state index >= 15 is 0 Å². The first kappa shape index (κ1) is 15.4. The van der Waals surface area contributed by atoms with E-state index in [9.17, 15) is 4.79 Å². The quantitative estimate of drug-likeness (QED) is 0.887. The Morgan fingerprint density at radius 3 is 2.65 bits per heavy atom. The van der Waals surface area contributed by atoms with Crippen molar-refractivity contribution in [2.45, 2.75) is 25.7 Å². The van der Waals surface area contributed by atoms with Crippen molar-refractivity contribution in [3.05, 3.63) is 53.6 Å². The van der Waals surface area contributed by atoms with Crippen LogP contribution < -0.4 is 15.4 Å². The first-order chi connectivity index (χ1) is 11.3. The number of hydrogen-bond acceptors (Lipinski definition) is 3. The summed E-state index contributed by atoms with van der Waals surface area (Å²) in [4.78, 5) is 12.1. The fourth-order valence-electron chi connectivity index (χ4n) is 3.00. The Labute approximate surface area is 136 Å². The second kappa shape index (κ2) is 7.18. The first-order valence-corrected chi connectivity index (χ1v) is 8.05. The number of carbonyl (C=O) groups is 1. The number of rotatable bonds is 5. The van der Waals surface area contributed by atoms with E-state index in [2.05, 4.69) is 28.8 Å². The zero-order valence-electron chi connectivity index (χ0n) is 13.4. The van der Waals surface area contributed by atoms with Gasteiger partial charge in [-0.3, -0.25) is 4.79 Å². The molecule has 2 aromatic rings. The van der Waals surface area contributed by atoms with Gasteiger partial charge in [-0.2, -0.15) is 0 Å². The number of hydrogen-bond donors (Lipinski definition) is 2. The number of aryl methyl sites for hydroxylation is 1. The molecule has 0 aromatic heterocycles. The predicted octanol–water partition coefficient (Wildman–Crippen LogP) is 3.62. The molecule has 0 atom stereocenters. The van der Waals surface area contributed by atoms with Crippen LogP contribution in [0, 0.1) is 0 Å². The number of fused-ring (bicyclic) bond motifs is 1. The molecule has 1 aliphatic rings. The summed E-state index contributed by atoms with van der Waals surface area (Å²) in [6.07, 6.45) is 4.72. The molecule has 0 unspecified atom stereocenters. The Morgan fingerprint density at radius 1 is 1.09 bits per heavy atom. The van der Waals surface area contributed by atoms with E-state index < -0.39 is 0 Å². The van der Waals surface area contributed by atoms with Crippen molar-refractivity contribution >= 4 is 17.3 Å². The Kier molecular flexibility index (Phi) is 4.81. The molecule has 0 saturated heterocycles. The largest absolute Gasteiger partial charge is 0.497 e. The highest BCUT2D eigenvalue weighted by Gasteiger charge is 2.13. The Bertz CT molecular complexity index is 680. The molecule has 0 spiro atoms. The smallest absolute Gasteiger partial charge is 0.243 e. The van der Waals surface area contributed by atoms with Crippen LogP contribution >= 0.6 is 0 Å².